The second-order valence-electron chi connectivity index (χ2n) is 8.60. The van der Waals surface area contributed by atoms with Crippen LogP contribution in [0.25, 0.3) is 0 Å². The topological polar surface area (TPSA) is 56.6 Å². The molecular weight excluding hydrogens is 360 g/mol. The summed E-state index contributed by atoms with van der Waals surface area (Å²) in [5, 5.41) is 4.15. The molecule has 0 saturated carbocycles. The Morgan fingerprint density at radius 2 is 1.82 bits per heavy atom. The van der Waals surface area contributed by atoms with Crippen LogP contribution >= 0.6 is 0 Å². The molecule has 4 rings (SSSR count). The summed E-state index contributed by atoms with van der Waals surface area (Å²) >= 11 is 0. The van der Waals surface area contributed by atoms with Crippen LogP contribution < -0.4 is 10.4 Å². The summed E-state index contributed by atoms with van der Waals surface area (Å²) in [5.41, 5.74) is 2.14. The molecule has 1 fully saturated rings. The molecule has 6 nitrogen and oxygen atoms in total. The summed E-state index contributed by atoms with van der Waals surface area (Å²) in [4.78, 5) is 14.4. The fourth-order valence-corrected chi connectivity index (χ4v) is 3.75. The molecule has 0 radical (unpaired) electrons. The number of rotatable bonds is 2. The molecule has 1 amide bonds. The first-order valence-corrected chi connectivity index (χ1v) is 9.50. The minimum absolute atomic E-state index is 0.233. The third kappa shape index (κ3) is 2.78. The number of carbonyl (C=O) groups excluding carboxylic acids is 1. The first-order chi connectivity index (χ1) is 13.0. The monoisotopic (exact) mass is 385 g/mol. The van der Waals surface area contributed by atoms with E-state index in [1.165, 1.54) is 11.0 Å². The number of fused-ring (bicyclic) bond motifs is 1. The van der Waals surface area contributed by atoms with Gasteiger partial charge in [-0.1, -0.05) is 0 Å². The van der Waals surface area contributed by atoms with E-state index in [4.69, 9.17) is 9.31 Å². The van der Waals surface area contributed by atoms with Crippen LogP contribution in [0.15, 0.2) is 18.3 Å². The summed E-state index contributed by atoms with van der Waals surface area (Å²) in [6, 6.07) is 3.13. The quantitative estimate of drug-likeness (QED) is 0.745. The van der Waals surface area contributed by atoms with Crippen molar-refractivity contribution in [3.8, 4) is 0 Å². The minimum atomic E-state index is -0.644. The number of halogens is 1. The maximum absolute atomic E-state index is 15.1. The lowest BCUT2D eigenvalue weighted by molar-refractivity contribution is 0.00578. The Kier molecular flexibility index (Phi) is 4.21. The van der Waals surface area contributed by atoms with E-state index in [1.807, 2.05) is 34.6 Å². The minimum Gasteiger partial charge on any atom is -0.399 e. The highest BCUT2D eigenvalue weighted by Crippen LogP contribution is 2.37. The number of nitrogens with zero attached hydrogens (tertiary/aromatic N) is 3. The van der Waals surface area contributed by atoms with Gasteiger partial charge in [-0.05, 0) is 64.2 Å². The van der Waals surface area contributed by atoms with E-state index in [9.17, 15) is 4.79 Å². The molecular formula is C20H25BFN3O3. The number of hydrogen-bond donors (Lipinski definition) is 0. The van der Waals surface area contributed by atoms with E-state index in [-0.39, 0.29) is 11.6 Å². The summed E-state index contributed by atoms with van der Waals surface area (Å²) in [5.74, 6) is -0.697. The fourth-order valence-electron chi connectivity index (χ4n) is 3.75. The van der Waals surface area contributed by atoms with Gasteiger partial charge in [-0.15, -0.1) is 0 Å². The number of benzene rings is 1. The lowest BCUT2D eigenvalue weighted by Gasteiger charge is -2.32. The van der Waals surface area contributed by atoms with Gasteiger partial charge in [0.05, 0.1) is 23.1 Å². The van der Waals surface area contributed by atoms with Gasteiger partial charge in [0.1, 0.15) is 11.5 Å². The first kappa shape index (κ1) is 19.1. The predicted octanol–water partition coefficient (Wildman–Crippen LogP) is 2.37. The SMILES string of the molecule is Cc1cc(N2CCc3cnn(C)c3C2=O)c(F)cc1B1OC(C)(C)C(C)(C)O1. The molecule has 1 aromatic carbocycles. The molecule has 0 N–H and O–H groups in total. The Hall–Kier alpha value is -2.19. The molecule has 3 heterocycles. The van der Waals surface area contributed by atoms with Gasteiger partial charge < -0.3 is 14.2 Å². The van der Waals surface area contributed by atoms with Crippen LogP contribution in [0, 0.1) is 12.7 Å². The zero-order valence-electron chi connectivity index (χ0n) is 17.2. The Balaban J connectivity index is 1.68. The maximum atomic E-state index is 15.1. The van der Waals surface area contributed by atoms with Crippen molar-refractivity contribution in [2.75, 3.05) is 11.4 Å². The van der Waals surface area contributed by atoms with Crippen molar-refractivity contribution >= 4 is 24.2 Å². The largest absolute Gasteiger partial charge is 0.495 e. The van der Waals surface area contributed by atoms with Gasteiger partial charge in [-0.25, -0.2) is 4.39 Å². The van der Waals surface area contributed by atoms with Crippen LogP contribution in [-0.2, 0) is 22.8 Å². The van der Waals surface area contributed by atoms with E-state index in [0.717, 1.165) is 11.1 Å². The van der Waals surface area contributed by atoms with E-state index in [1.54, 1.807) is 24.0 Å². The number of anilines is 1. The number of aromatic nitrogens is 2. The Morgan fingerprint density at radius 3 is 2.46 bits per heavy atom. The second kappa shape index (κ2) is 6.16. The van der Waals surface area contributed by atoms with Crippen LogP contribution in [0.2, 0.25) is 0 Å². The molecule has 0 unspecified atom stereocenters. The Labute approximate surface area is 164 Å². The average molecular weight is 385 g/mol. The maximum Gasteiger partial charge on any atom is 0.495 e. The lowest BCUT2D eigenvalue weighted by Crippen LogP contribution is -2.41. The molecule has 1 aromatic heterocycles. The molecule has 0 atom stereocenters. The summed E-state index contributed by atoms with van der Waals surface area (Å²) in [7, 11) is 1.08. The molecule has 2 aromatic rings. The van der Waals surface area contributed by atoms with E-state index < -0.39 is 24.1 Å². The highest BCUT2D eigenvalue weighted by Gasteiger charge is 2.52. The first-order valence-electron chi connectivity index (χ1n) is 9.50. The molecule has 8 heteroatoms. The Bertz CT molecular complexity index is 954. The molecule has 28 heavy (non-hydrogen) atoms. The van der Waals surface area contributed by atoms with Crippen LogP contribution in [0.1, 0.15) is 49.3 Å². The van der Waals surface area contributed by atoms with Crippen molar-refractivity contribution in [2.45, 2.75) is 52.2 Å². The number of aryl methyl sites for hydroxylation is 2. The van der Waals surface area contributed by atoms with Crippen LogP contribution in [0.4, 0.5) is 10.1 Å². The van der Waals surface area contributed by atoms with Crippen LogP contribution in [0.5, 0.6) is 0 Å². The summed E-state index contributed by atoms with van der Waals surface area (Å²) in [6.45, 7) is 10.2. The Morgan fingerprint density at radius 1 is 1.18 bits per heavy atom. The standard InChI is InChI=1S/C20H25BFN3O3/c1-12-9-16(25-8-7-13-11-23-24(6)17(13)18(25)26)15(22)10-14(12)21-27-19(2,3)20(4,5)28-21/h9-11H,7-8H2,1-6H3. The van der Waals surface area contributed by atoms with Crippen molar-refractivity contribution in [3.05, 3.63) is 41.0 Å². The van der Waals surface area contributed by atoms with Gasteiger partial charge >= 0.3 is 7.12 Å². The van der Waals surface area contributed by atoms with Gasteiger partial charge in [-0.2, -0.15) is 5.10 Å². The van der Waals surface area contributed by atoms with Crippen molar-refractivity contribution in [1.82, 2.24) is 9.78 Å². The van der Waals surface area contributed by atoms with Crippen molar-refractivity contribution in [3.63, 3.8) is 0 Å². The number of amides is 1. The third-order valence-electron chi connectivity index (χ3n) is 6.20. The van der Waals surface area contributed by atoms with Crippen molar-refractivity contribution in [1.29, 1.82) is 0 Å². The van der Waals surface area contributed by atoms with Gasteiger partial charge in [0, 0.05) is 19.2 Å². The normalized spacial score (nSPS) is 20.6. The molecule has 2 aliphatic rings. The van der Waals surface area contributed by atoms with E-state index in [2.05, 4.69) is 5.10 Å². The number of carbonyl (C=O) groups is 1. The van der Waals surface area contributed by atoms with Crippen molar-refractivity contribution in [2.24, 2.45) is 7.05 Å². The van der Waals surface area contributed by atoms with Crippen LogP contribution in [0.3, 0.4) is 0 Å². The highest BCUT2D eigenvalue weighted by molar-refractivity contribution is 6.62. The van der Waals surface area contributed by atoms with Gasteiger partial charge in [0.25, 0.3) is 5.91 Å². The predicted molar refractivity (Wildman–Crippen MR) is 105 cm³/mol. The highest BCUT2D eigenvalue weighted by atomic mass is 19.1. The average Bonchev–Trinajstić information content (AvgIpc) is 3.07. The van der Waals surface area contributed by atoms with Gasteiger partial charge in [-0.3, -0.25) is 9.48 Å². The zero-order chi connectivity index (χ0) is 20.4. The molecule has 0 aliphatic carbocycles. The molecule has 148 valence electrons. The molecule has 2 aliphatic heterocycles. The lowest BCUT2D eigenvalue weighted by atomic mass is 9.76. The fraction of sp³-hybridized carbons (Fsp3) is 0.500. The van der Waals surface area contributed by atoms with E-state index >= 15 is 4.39 Å². The van der Waals surface area contributed by atoms with Crippen molar-refractivity contribution < 1.29 is 18.5 Å². The zero-order valence-corrected chi connectivity index (χ0v) is 17.2. The smallest absolute Gasteiger partial charge is 0.399 e. The van der Waals surface area contributed by atoms with E-state index in [0.29, 0.717) is 24.1 Å². The molecule has 1 saturated heterocycles. The van der Waals surface area contributed by atoms with Gasteiger partial charge in [0.2, 0.25) is 0 Å². The summed E-state index contributed by atoms with van der Waals surface area (Å²) < 4.78 is 28.8. The van der Waals surface area contributed by atoms with Gasteiger partial charge in [0.15, 0.2) is 0 Å². The van der Waals surface area contributed by atoms with Crippen LogP contribution in [-0.4, -0.2) is 40.6 Å². The second-order valence-corrected chi connectivity index (χ2v) is 8.60. The molecule has 0 spiro atoms. The number of hydrogen-bond acceptors (Lipinski definition) is 4. The molecule has 0 bridgehead atoms. The summed E-state index contributed by atoms with van der Waals surface area (Å²) in [6.07, 6.45) is 2.35. The third-order valence-corrected chi connectivity index (χ3v) is 6.20.